The zero-order valence-corrected chi connectivity index (χ0v) is 14.2. The molecule has 0 spiro atoms. The van der Waals surface area contributed by atoms with Crippen LogP contribution in [0.25, 0.3) is 17.0 Å². The van der Waals surface area contributed by atoms with Gasteiger partial charge in [0.1, 0.15) is 21.8 Å². The third-order valence-electron chi connectivity index (χ3n) is 2.97. The van der Waals surface area contributed by atoms with Gasteiger partial charge in [-0.3, -0.25) is 4.40 Å². The van der Waals surface area contributed by atoms with Crippen LogP contribution < -0.4 is 0 Å². The summed E-state index contributed by atoms with van der Waals surface area (Å²) in [6.07, 6.45) is 0. The van der Waals surface area contributed by atoms with E-state index in [1.54, 1.807) is 18.2 Å². The average molecular weight is 392 g/mol. The van der Waals surface area contributed by atoms with Crippen LogP contribution in [0.15, 0.2) is 18.2 Å². The lowest BCUT2D eigenvalue weighted by Gasteiger charge is -2.09. The Balaban J connectivity index is 2.49. The molecule has 0 saturated carbocycles. The first-order valence-electron chi connectivity index (χ1n) is 5.73. The van der Waals surface area contributed by atoms with Crippen molar-refractivity contribution in [1.82, 2.24) is 14.6 Å². The molecule has 0 aliphatic heterocycles. The molecule has 0 saturated heterocycles. The maximum Gasteiger partial charge on any atom is 0.182 e. The number of rotatable bonds is 1. The molecule has 22 heavy (non-hydrogen) atoms. The Kier molecular flexibility index (Phi) is 4.11. The van der Waals surface area contributed by atoms with Gasteiger partial charge in [0.2, 0.25) is 0 Å². The fraction of sp³-hybridized carbons (Fsp3) is 0. The predicted molar refractivity (Wildman–Crippen MR) is 88.2 cm³/mol. The minimum atomic E-state index is 0.0186. The number of nitriles is 1. The molecule has 0 bridgehead atoms. The van der Waals surface area contributed by atoms with Gasteiger partial charge in [0.15, 0.2) is 11.5 Å². The van der Waals surface area contributed by atoms with Gasteiger partial charge in [-0.2, -0.15) is 5.26 Å². The van der Waals surface area contributed by atoms with Crippen molar-refractivity contribution in [3.05, 3.63) is 49.0 Å². The molecule has 0 aliphatic rings. The van der Waals surface area contributed by atoms with Crippen LogP contribution in [-0.4, -0.2) is 14.6 Å². The van der Waals surface area contributed by atoms with E-state index in [0.29, 0.717) is 15.6 Å². The monoisotopic (exact) mass is 390 g/mol. The zero-order valence-electron chi connectivity index (χ0n) is 10.4. The van der Waals surface area contributed by atoms with Gasteiger partial charge >= 0.3 is 0 Å². The van der Waals surface area contributed by atoms with Crippen LogP contribution in [0.2, 0.25) is 25.2 Å². The van der Waals surface area contributed by atoms with Crippen molar-refractivity contribution in [2.24, 2.45) is 0 Å². The van der Waals surface area contributed by atoms with Gasteiger partial charge in [0, 0.05) is 0 Å². The van der Waals surface area contributed by atoms with E-state index < -0.39 is 0 Å². The quantitative estimate of drug-likeness (QED) is 0.511. The van der Waals surface area contributed by atoms with E-state index in [0.717, 1.165) is 0 Å². The third-order valence-corrected chi connectivity index (χ3v) is 4.79. The standard InChI is InChI=1S/C13H3Cl5N4/c14-6-2-1-3-7(15)8(6)12-20-21-13-10(17)9(16)5(4-19)11(18)22(12)13/h1-3H. The van der Waals surface area contributed by atoms with Crippen molar-refractivity contribution < 1.29 is 0 Å². The number of pyridine rings is 1. The smallest absolute Gasteiger partial charge is 0.182 e. The highest BCUT2D eigenvalue weighted by molar-refractivity contribution is 6.46. The molecule has 4 nitrogen and oxygen atoms in total. The first kappa shape index (κ1) is 15.7. The van der Waals surface area contributed by atoms with Crippen molar-refractivity contribution in [1.29, 1.82) is 5.26 Å². The molecular formula is C13H3Cl5N4. The highest BCUT2D eigenvalue weighted by atomic mass is 35.5. The highest BCUT2D eigenvalue weighted by Gasteiger charge is 2.23. The first-order chi connectivity index (χ1) is 10.5. The lowest BCUT2D eigenvalue weighted by atomic mass is 10.2. The van der Waals surface area contributed by atoms with Crippen LogP contribution in [0.3, 0.4) is 0 Å². The second kappa shape index (κ2) is 5.77. The molecule has 3 rings (SSSR count). The number of halogens is 5. The number of hydrogen-bond donors (Lipinski definition) is 0. The van der Waals surface area contributed by atoms with Gasteiger partial charge in [-0.15, -0.1) is 10.2 Å². The molecular weight excluding hydrogens is 389 g/mol. The molecule has 2 aromatic heterocycles. The molecule has 110 valence electrons. The normalized spacial score (nSPS) is 10.9. The number of fused-ring (bicyclic) bond motifs is 1. The Morgan fingerprint density at radius 2 is 1.59 bits per heavy atom. The Morgan fingerprint density at radius 1 is 0.955 bits per heavy atom. The van der Waals surface area contributed by atoms with E-state index in [9.17, 15) is 5.26 Å². The van der Waals surface area contributed by atoms with Crippen LogP contribution in [0.1, 0.15) is 5.56 Å². The van der Waals surface area contributed by atoms with Crippen molar-refractivity contribution in [2.75, 3.05) is 0 Å². The molecule has 1 aromatic carbocycles. The van der Waals surface area contributed by atoms with E-state index in [1.807, 2.05) is 6.07 Å². The van der Waals surface area contributed by atoms with Crippen molar-refractivity contribution >= 4 is 63.7 Å². The summed E-state index contributed by atoms with van der Waals surface area (Å²) in [4.78, 5) is 0. The molecule has 0 amide bonds. The Bertz CT molecular complexity index is 937. The molecule has 0 atom stereocenters. The van der Waals surface area contributed by atoms with Crippen LogP contribution >= 0.6 is 58.0 Å². The largest absolute Gasteiger partial charge is 0.262 e. The number of benzene rings is 1. The summed E-state index contributed by atoms with van der Waals surface area (Å²) in [6, 6.07) is 6.91. The topological polar surface area (TPSA) is 54.0 Å². The van der Waals surface area contributed by atoms with Crippen LogP contribution in [-0.2, 0) is 0 Å². The fourth-order valence-electron chi connectivity index (χ4n) is 1.99. The summed E-state index contributed by atoms with van der Waals surface area (Å²) >= 11 is 30.8. The second-order valence-electron chi connectivity index (χ2n) is 4.18. The van der Waals surface area contributed by atoms with Gasteiger partial charge in [-0.1, -0.05) is 64.1 Å². The highest BCUT2D eigenvalue weighted by Crippen LogP contribution is 2.39. The minimum Gasteiger partial charge on any atom is -0.262 e. The van der Waals surface area contributed by atoms with Crippen LogP contribution in [0.4, 0.5) is 0 Å². The SMILES string of the molecule is N#Cc1c(Cl)c(Cl)c2nnc(-c3c(Cl)cccc3Cl)n2c1Cl. The minimum absolute atomic E-state index is 0.0186. The van der Waals surface area contributed by atoms with E-state index in [1.165, 1.54) is 4.40 Å². The summed E-state index contributed by atoms with van der Waals surface area (Å²) in [5, 5.41) is 18.0. The Hall–Kier alpha value is -1.22. The summed E-state index contributed by atoms with van der Waals surface area (Å²) < 4.78 is 1.39. The van der Waals surface area contributed by atoms with Crippen molar-refractivity contribution in [2.45, 2.75) is 0 Å². The molecule has 0 radical (unpaired) electrons. The maximum absolute atomic E-state index is 9.21. The third kappa shape index (κ3) is 2.21. The van der Waals surface area contributed by atoms with Crippen molar-refractivity contribution in [3.8, 4) is 17.5 Å². The summed E-state index contributed by atoms with van der Waals surface area (Å²) in [6.45, 7) is 0. The van der Waals surface area contributed by atoms with Gasteiger partial charge < -0.3 is 0 Å². The molecule has 0 fully saturated rings. The lowest BCUT2D eigenvalue weighted by Crippen LogP contribution is -1.97. The van der Waals surface area contributed by atoms with Gasteiger partial charge in [-0.05, 0) is 12.1 Å². The van der Waals surface area contributed by atoms with Crippen LogP contribution in [0.5, 0.6) is 0 Å². The van der Waals surface area contributed by atoms with Gasteiger partial charge in [0.25, 0.3) is 0 Å². The Labute approximate surface area is 149 Å². The molecule has 0 unspecified atom stereocenters. The Morgan fingerprint density at radius 3 is 2.18 bits per heavy atom. The predicted octanol–water partition coefficient (Wildman–Crippen LogP) is 5.53. The van der Waals surface area contributed by atoms with E-state index in [-0.39, 0.29) is 32.2 Å². The van der Waals surface area contributed by atoms with E-state index in [2.05, 4.69) is 10.2 Å². The fourth-order valence-corrected chi connectivity index (χ4v) is 3.34. The lowest BCUT2D eigenvalue weighted by molar-refractivity contribution is 1.11. The first-order valence-corrected chi connectivity index (χ1v) is 7.62. The van der Waals surface area contributed by atoms with E-state index >= 15 is 0 Å². The van der Waals surface area contributed by atoms with Crippen LogP contribution in [0, 0.1) is 11.3 Å². The number of hydrogen-bond acceptors (Lipinski definition) is 3. The average Bonchev–Trinajstić information content (AvgIpc) is 2.90. The van der Waals surface area contributed by atoms with Gasteiger partial charge in [0.05, 0.1) is 20.6 Å². The number of aromatic nitrogens is 3. The zero-order chi connectivity index (χ0) is 16.0. The summed E-state index contributed by atoms with van der Waals surface area (Å²) in [7, 11) is 0. The van der Waals surface area contributed by atoms with Crippen molar-refractivity contribution in [3.63, 3.8) is 0 Å². The van der Waals surface area contributed by atoms with Gasteiger partial charge in [-0.25, -0.2) is 0 Å². The summed E-state index contributed by atoms with van der Waals surface area (Å²) in [5.41, 5.74) is 0.661. The number of nitrogens with zero attached hydrogens (tertiary/aromatic N) is 4. The molecule has 0 aliphatic carbocycles. The maximum atomic E-state index is 9.21. The molecule has 3 aromatic rings. The molecule has 0 N–H and O–H groups in total. The second-order valence-corrected chi connectivity index (χ2v) is 6.11. The molecule has 9 heteroatoms. The van der Waals surface area contributed by atoms with E-state index in [4.69, 9.17) is 58.0 Å². The summed E-state index contributed by atoms with van der Waals surface area (Å²) in [5.74, 6) is 0.269. The molecule has 2 heterocycles.